The molecule has 92 valence electrons. The fourth-order valence-corrected chi connectivity index (χ4v) is 2.62. The van der Waals surface area contributed by atoms with Crippen LogP contribution in [0.25, 0.3) is 0 Å². The van der Waals surface area contributed by atoms with E-state index in [1.807, 2.05) is 12.1 Å². The first-order chi connectivity index (χ1) is 8.08. The summed E-state index contributed by atoms with van der Waals surface area (Å²) in [7, 11) is 0. The normalized spacial score (nSPS) is 26.4. The number of hydrogen-bond donors (Lipinski definition) is 1. The van der Waals surface area contributed by atoms with Crippen molar-refractivity contribution < 1.29 is 9.47 Å². The zero-order chi connectivity index (χ0) is 12.0. The van der Waals surface area contributed by atoms with E-state index >= 15 is 0 Å². The van der Waals surface area contributed by atoms with Crippen LogP contribution in [0.1, 0.15) is 31.9 Å². The minimum atomic E-state index is 0.112. The van der Waals surface area contributed by atoms with Gasteiger partial charge >= 0.3 is 0 Å². The Balaban J connectivity index is 1.84. The molecule has 1 aliphatic carbocycles. The molecule has 3 rings (SSSR count). The van der Waals surface area contributed by atoms with Crippen molar-refractivity contribution >= 4 is 0 Å². The molecule has 1 aromatic carbocycles. The van der Waals surface area contributed by atoms with Crippen molar-refractivity contribution in [2.24, 2.45) is 17.1 Å². The van der Waals surface area contributed by atoms with Crippen molar-refractivity contribution in [1.82, 2.24) is 0 Å². The minimum absolute atomic E-state index is 0.112. The summed E-state index contributed by atoms with van der Waals surface area (Å²) < 4.78 is 11.1. The lowest BCUT2D eigenvalue weighted by Crippen LogP contribution is -2.18. The van der Waals surface area contributed by atoms with E-state index in [0.29, 0.717) is 24.5 Å². The van der Waals surface area contributed by atoms with Gasteiger partial charge in [-0.25, -0.2) is 0 Å². The third kappa shape index (κ3) is 1.89. The van der Waals surface area contributed by atoms with Crippen LogP contribution in [0.5, 0.6) is 11.5 Å². The van der Waals surface area contributed by atoms with Crippen LogP contribution in [0.2, 0.25) is 0 Å². The summed E-state index contributed by atoms with van der Waals surface area (Å²) in [6.45, 7) is 5.81. The summed E-state index contributed by atoms with van der Waals surface area (Å²) in [5.41, 5.74) is 7.87. The number of rotatable bonds is 2. The van der Waals surface area contributed by atoms with Gasteiger partial charge in [0.1, 0.15) is 13.2 Å². The molecule has 1 aliphatic heterocycles. The van der Waals surface area contributed by atoms with Gasteiger partial charge in [0.2, 0.25) is 0 Å². The molecule has 2 atom stereocenters. The third-order valence-corrected chi connectivity index (χ3v) is 3.97. The smallest absolute Gasteiger partial charge is 0.161 e. The fraction of sp³-hybridized carbons (Fsp3) is 0.571. The van der Waals surface area contributed by atoms with Gasteiger partial charge in [0.25, 0.3) is 0 Å². The second-order valence-corrected chi connectivity index (χ2v) is 5.73. The maximum absolute atomic E-state index is 6.31. The van der Waals surface area contributed by atoms with Crippen LogP contribution < -0.4 is 15.2 Å². The predicted octanol–water partition coefficient (Wildman–Crippen LogP) is 2.50. The highest BCUT2D eigenvalue weighted by Crippen LogP contribution is 2.57. The van der Waals surface area contributed by atoms with Crippen LogP contribution in [-0.4, -0.2) is 13.2 Å². The minimum Gasteiger partial charge on any atom is -0.486 e. The zero-order valence-electron chi connectivity index (χ0n) is 10.4. The average molecular weight is 233 g/mol. The van der Waals surface area contributed by atoms with Crippen molar-refractivity contribution in [2.75, 3.05) is 13.2 Å². The highest BCUT2D eigenvalue weighted by atomic mass is 16.6. The molecule has 2 aliphatic rings. The molecule has 2 unspecified atom stereocenters. The summed E-state index contributed by atoms with van der Waals surface area (Å²) in [6, 6.07) is 6.18. The molecule has 1 fully saturated rings. The van der Waals surface area contributed by atoms with Crippen LogP contribution in [0.3, 0.4) is 0 Å². The highest BCUT2D eigenvalue weighted by molar-refractivity contribution is 5.45. The first kappa shape index (κ1) is 10.9. The molecule has 3 nitrogen and oxygen atoms in total. The molecular weight excluding hydrogens is 214 g/mol. The van der Waals surface area contributed by atoms with Crippen LogP contribution in [0.15, 0.2) is 18.2 Å². The van der Waals surface area contributed by atoms with Gasteiger partial charge in [0.05, 0.1) is 0 Å². The molecule has 3 heteroatoms. The molecule has 0 bridgehead atoms. The van der Waals surface area contributed by atoms with E-state index in [1.54, 1.807) is 0 Å². The Morgan fingerprint density at radius 1 is 1.24 bits per heavy atom. The largest absolute Gasteiger partial charge is 0.486 e. The van der Waals surface area contributed by atoms with Crippen molar-refractivity contribution in [3.05, 3.63) is 23.8 Å². The Morgan fingerprint density at radius 3 is 2.53 bits per heavy atom. The SMILES string of the molecule is CC1(C)CC1C(N)c1ccc2c(c1)OCCO2. The van der Waals surface area contributed by atoms with Gasteiger partial charge in [0.15, 0.2) is 11.5 Å². The van der Waals surface area contributed by atoms with E-state index < -0.39 is 0 Å². The first-order valence-corrected chi connectivity index (χ1v) is 6.23. The fourth-order valence-electron chi connectivity index (χ4n) is 2.62. The topological polar surface area (TPSA) is 44.5 Å². The monoisotopic (exact) mass is 233 g/mol. The molecule has 0 spiro atoms. The van der Waals surface area contributed by atoms with E-state index in [9.17, 15) is 0 Å². The Labute approximate surface area is 102 Å². The van der Waals surface area contributed by atoms with Crippen LogP contribution in [0.4, 0.5) is 0 Å². The van der Waals surface area contributed by atoms with E-state index in [0.717, 1.165) is 17.1 Å². The van der Waals surface area contributed by atoms with Crippen LogP contribution >= 0.6 is 0 Å². The standard InChI is InChI=1S/C14H19NO2/c1-14(2)8-10(14)13(15)9-3-4-11-12(7-9)17-6-5-16-11/h3-4,7,10,13H,5-6,8,15H2,1-2H3. The molecule has 0 aromatic heterocycles. The molecule has 17 heavy (non-hydrogen) atoms. The maximum atomic E-state index is 6.31. The maximum Gasteiger partial charge on any atom is 0.161 e. The molecule has 2 N–H and O–H groups in total. The van der Waals surface area contributed by atoms with E-state index in [1.165, 1.54) is 6.42 Å². The van der Waals surface area contributed by atoms with E-state index in [2.05, 4.69) is 19.9 Å². The highest BCUT2D eigenvalue weighted by Gasteiger charge is 2.49. The number of nitrogens with two attached hydrogens (primary N) is 1. The van der Waals surface area contributed by atoms with Crippen molar-refractivity contribution in [3.8, 4) is 11.5 Å². The zero-order valence-corrected chi connectivity index (χ0v) is 10.4. The molecule has 1 saturated carbocycles. The second kappa shape index (κ2) is 3.64. The van der Waals surface area contributed by atoms with Gasteiger partial charge in [-0.15, -0.1) is 0 Å². The lowest BCUT2D eigenvalue weighted by molar-refractivity contribution is 0.171. The first-order valence-electron chi connectivity index (χ1n) is 6.23. The van der Waals surface area contributed by atoms with E-state index in [-0.39, 0.29) is 6.04 Å². The predicted molar refractivity (Wildman–Crippen MR) is 66.2 cm³/mol. The summed E-state index contributed by atoms with van der Waals surface area (Å²) in [6.07, 6.45) is 1.21. The number of fused-ring (bicyclic) bond motifs is 1. The average Bonchev–Trinajstić information content (AvgIpc) is 2.97. The Bertz CT molecular complexity index is 442. The van der Waals surface area contributed by atoms with E-state index in [4.69, 9.17) is 15.2 Å². The lowest BCUT2D eigenvalue weighted by atomic mass is 9.97. The quantitative estimate of drug-likeness (QED) is 0.853. The van der Waals surface area contributed by atoms with Gasteiger partial charge in [-0.3, -0.25) is 0 Å². The van der Waals surface area contributed by atoms with Crippen LogP contribution in [-0.2, 0) is 0 Å². The van der Waals surface area contributed by atoms with Crippen LogP contribution in [0, 0.1) is 11.3 Å². The van der Waals surface area contributed by atoms with Crippen molar-refractivity contribution in [2.45, 2.75) is 26.3 Å². The van der Waals surface area contributed by atoms with Gasteiger partial charge in [-0.05, 0) is 35.4 Å². The number of benzene rings is 1. The van der Waals surface area contributed by atoms with Gasteiger partial charge in [-0.1, -0.05) is 19.9 Å². The molecule has 0 radical (unpaired) electrons. The molecule has 0 amide bonds. The van der Waals surface area contributed by atoms with Crippen molar-refractivity contribution in [3.63, 3.8) is 0 Å². The van der Waals surface area contributed by atoms with Gasteiger partial charge in [0, 0.05) is 6.04 Å². The third-order valence-electron chi connectivity index (χ3n) is 3.97. The van der Waals surface area contributed by atoms with Crippen molar-refractivity contribution in [1.29, 1.82) is 0 Å². The summed E-state index contributed by atoms with van der Waals surface area (Å²) in [5, 5.41) is 0. The number of ether oxygens (including phenoxy) is 2. The number of hydrogen-bond acceptors (Lipinski definition) is 3. The Hall–Kier alpha value is -1.22. The summed E-state index contributed by atoms with van der Waals surface area (Å²) in [4.78, 5) is 0. The molecule has 1 heterocycles. The second-order valence-electron chi connectivity index (χ2n) is 5.73. The summed E-state index contributed by atoms with van der Waals surface area (Å²) in [5.74, 6) is 2.26. The Kier molecular flexibility index (Phi) is 2.33. The summed E-state index contributed by atoms with van der Waals surface area (Å²) >= 11 is 0. The van der Waals surface area contributed by atoms with Gasteiger partial charge in [-0.2, -0.15) is 0 Å². The molecule has 1 aromatic rings. The van der Waals surface area contributed by atoms with Gasteiger partial charge < -0.3 is 15.2 Å². The molecule has 0 saturated heterocycles. The Morgan fingerprint density at radius 2 is 1.88 bits per heavy atom. The lowest BCUT2D eigenvalue weighted by Gasteiger charge is -2.21. The molecular formula is C14H19NO2.